The Labute approximate surface area is 228 Å². The molecule has 1 heterocycles. The standard InChI is InChI=1S/C36H22O/c1-2-12-25-23(10-1)11-9-18-27(25)36-30-16-5-3-14-28(30)35(29-15-4-6-17-31(29)36)24-20-21-34-32(22-24)26-13-7-8-19-33(26)37-34/h1-22H/i1D,2D,9D,10D,11D,12D,18D,20D,21D,22D. The molecule has 0 saturated heterocycles. The zero-order valence-electron chi connectivity index (χ0n) is 29.3. The Hall–Kier alpha value is -4.88. The summed E-state index contributed by atoms with van der Waals surface area (Å²) < 4.78 is 94.1. The third-order valence-electron chi connectivity index (χ3n) is 6.89. The predicted octanol–water partition coefficient (Wildman–Crippen LogP) is 10.4. The quantitative estimate of drug-likeness (QED) is 0.224. The van der Waals surface area contributed by atoms with Gasteiger partial charge in [-0.25, -0.2) is 0 Å². The Morgan fingerprint density at radius 2 is 1.08 bits per heavy atom. The van der Waals surface area contributed by atoms with Crippen LogP contribution in [0.4, 0.5) is 0 Å². The average molecular weight is 481 g/mol. The first-order valence-corrected chi connectivity index (χ1v) is 11.9. The van der Waals surface area contributed by atoms with Gasteiger partial charge in [0.05, 0.1) is 13.7 Å². The Kier molecular flexibility index (Phi) is 2.72. The third-order valence-corrected chi connectivity index (χ3v) is 6.89. The fourth-order valence-electron chi connectivity index (χ4n) is 5.33. The lowest BCUT2D eigenvalue weighted by Gasteiger charge is -2.18. The lowest BCUT2D eigenvalue weighted by molar-refractivity contribution is 0.669. The Morgan fingerprint density at radius 3 is 1.84 bits per heavy atom. The van der Waals surface area contributed by atoms with Crippen LogP contribution < -0.4 is 0 Å². The minimum atomic E-state index is -0.525. The van der Waals surface area contributed by atoms with Gasteiger partial charge in [0, 0.05) is 10.8 Å². The van der Waals surface area contributed by atoms with Crippen molar-refractivity contribution in [1.82, 2.24) is 0 Å². The summed E-state index contributed by atoms with van der Waals surface area (Å²) in [7, 11) is 0. The van der Waals surface area contributed by atoms with Gasteiger partial charge in [0.25, 0.3) is 0 Å². The van der Waals surface area contributed by atoms with Gasteiger partial charge in [-0.1, -0.05) is 115 Å². The molecule has 0 aliphatic heterocycles. The van der Waals surface area contributed by atoms with Crippen LogP contribution in [-0.2, 0) is 0 Å². The number of para-hydroxylation sites is 1. The molecule has 0 bridgehead atoms. The lowest BCUT2D eigenvalue weighted by Crippen LogP contribution is -1.91. The smallest absolute Gasteiger partial charge is 0.135 e. The Bertz CT molecular complexity index is 2630. The third kappa shape index (κ3) is 2.98. The maximum Gasteiger partial charge on any atom is 0.135 e. The number of rotatable bonds is 2. The van der Waals surface area contributed by atoms with Crippen LogP contribution in [0.1, 0.15) is 13.7 Å². The van der Waals surface area contributed by atoms with E-state index in [0.717, 1.165) is 0 Å². The van der Waals surface area contributed by atoms with Crippen molar-refractivity contribution < 1.29 is 18.1 Å². The molecule has 37 heavy (non-hydrogen) atoms. The first-order chi connectivity index (χ1) is 22.5. The van der Waals surface area contributed by atoms with Crippen LogP contribution in [0.15, 0.2) is 138 Å². The van der Waals surface area contributed by atoms with E-state index in [-0.39, 0.29) is 51.7 Å². The van der Waals surface area contributed by atoms with Crippen LogP contribution in [0.5, 0.6) is 0 Å². The molecular formula is C36H22O. The normalized spacial score (nSPS) is 15.6. The monoisotopic (exact) mass is 480 g/mol. The maximum atomic E-state index is 9.45. The Balaban J connectivity index is 1.62. The van der Waals surface area contributed by atoms with Gasteiger partial charge in [0.2, 0.25) is 0 Å². The van der Waals surface area contributed by atoms with Crippen molar-refractivity contribution in [1.29, 1.82) is 0 Å². The predicted molar refractivity (Wildman–Crippen MR) is 157 cm³/mol. The van der Waals surface area contributed by atoms with Crippen LogP contribution in [0.2, 0.25) is 0 Å². The fourth-order valence-corrected chi connectivity index (χ4v) is 5.33. The van der Waals surface area contributed by atoms with E-state index in [1.54, 1.807) is 48.5 Å². The van der Waals surface area contributed by atoms with Crippen molar-refractivity contribution in [2.45, 2.75) is 0 Å². The molecule has 172 valence electrons. The molecule has 1 heteroatoms. The summed E-state index contributed by atoms with van der Waals surface area (Å²) >= 11 is 0. The highest BCUT2D eigenvalue weighted by Crippen LogP contribution is 2.45. The molecule has 0 amide bonds. The van der Waals surface area contributed by atoms with Gasteiger partial charge >= 0.3 is 0 Å². The first kappa shape index (κ1) is 12.9. The molecule has 0 radical (unpaired) electrons. The number of hydrogen-bond acceptors (Lipinski definition) is 1. The second-order valence-electron chi connectivity index (χ2n) is 8.89. The van der Waals surface area contributed by atoms with E-state index in [1.807, 2.05) is 24.3 Å². The van der Waals surface area contributed by atoms with E-state index in [2.05, 4.69) is 0 Å². The van der Waals surface area contributed by atoms with Crippen molar-refractivity contribution in [3.8, 4) is 22.3 Å². The molecule has 8 aromatic rings. The van der Waals surface area contributed by atoms with Gasteiger partial charge in [0.1, 0.15) is 11.2 Å². The van der Waals surface area contributed by atoms with Gasteiger partial charge in [0.15, 0.2) is 0 Å². The largest absolute Gasteiger partial charge is 0.456 e. The zero-order valence-corrected chi connectivity index (χ0v) is 19.3. The van der Waals surface area contributed by atoms with Gasteiger partial charge < -0.3 is 4.42 Å². The summed E-state index contributed by atoms with van der Waals surface area (Å²) in [6.07, 6.45) is 0. The minimum absolute atomic E-state index is 0.0212. The molecule has 7 aromatic carbocycles. The molecule has 8 rings (SSSR count). The van der Waals surface area contributed by atoms with E-state index in [9.17, 15) is 1.37 Å². The molecule has 0 atom stereocenters. The van der Waals surface area contributed by atoms with Gasteiger partial charge in [-0.3, -0.25) is 0 Å². The van der Waals surface area contributed by atoms with Crippen molar-refractivity contribution >= 4 is 54.3 Å². The molecular weight excluding hydrogens is 448 g/mol. The van der Waals surface area contributed by atoms with Crippen LogP contribution in [0.3, 0.4) is 0 Å². The molecule has 0 fully saturated rings. The van der Waals surface area contributed by atoms with Crippen molar-refractivity contribution in [2.75, 3.05) is 0 Å². The van der Waals surface area contributed by atoms with E-state index in [0.29, 0.717) is 49.0 Å². The molecule has 0 aliphatic carbocycles. The van der Waals surface area contributed by atoms with E-state index >= 15 is 0 Å². The van der Waals surface area contributed by atoms with Crippen molar-refractivity contribution in [3.05, 3.63) is 133 Å². The van der Waals surface area contributed by atoms with Crippen LogP contribution in [0, 0.1) is 0 Å². The molecule has 0 N–H and O–H groups in total. The molecule has 0 spiro atoms. The topological polar surface area (TPSA) is 13.1 Å². The Morgan fingerprint density at radius 1 is 0.459 bits per heavy atom. The molecule has 0 aliphatic rings. The number of furan rings is 1. The summed E-state index contributed by atoms with van der Waals surface area (Å²) in [4.78, 5) is 0. The highest BCUT2D eigenvalue weighted by molar-refractivity contribution is 6.24. The van der Waals surface area contributed by atoms with Crippen LogP contribution in [-0.4, -0.2) is 0 Å². The number of hydrogen-bond donors (Lipinski definition) is 0. The van der Waals surface area contributed by atoms with E-state index in [4.69, 9.17) is 16.8 Å². The zero-order chi connectivity index (χ0) is 33.0. The summed E-state index contributed by atoms with van der Waals surface area (Å²) in [5.41, 5.74) is 1.96. The minimum Gasteiger partial charge on any atom is -0.456 e. The summed E-state index contributed by atoms with van der Waals surface area (Å²) in [5.74, 6) is 0. The summed E-state index contributed by atoms with van der Waals surface area (Å²) in [6, 6.07) is 18.2. The van der Waals surface area contributed by atoms with Gasteiger partial charge in [-0.2, -0.15) is 0 Å². The van der Waals surface area contributed by atoms with Crippen LogP contribution >= 0.6 is 0 Å². The summed E-state index contributed by atoms with van der Waals surface area (Å²) in [6.45, 7) is 0. The second kappa shape index (κ2) is 7.81. The van der Waals surface area contributed by atoms with E-state index < -0.39 is 36.3 Å². The van der Waals surface area contributed by atoms with Gasteiger partial charge in [-0.15, -0.1) is 0 Å². The van der Waals surface area contributed by atoms with Gasteiger partial charge in [-0.05, 0) is 72.7 Å². The second-order valence-corrected chi connectivity index (χ2v) is 8.89. The molecule has 1 nitrogen and oxygen atoms in total. The molecule has 1 aromatic heterocycles. The summed E-state index contributed by atoms with van der Waals surface area (Å²) in [5, 5.41) is 3.22. The average Bonchev–Trinajstić information content (AvgIpc) is 3.48. The fraction of sp³-hybridized carbons (Fsp3) is 0. The maximum absolute atomic E-state index is 9.45. The highest BCUT2D eigenvalue weighted by Gasteiger charge is 2.18. The van der Waals surface area contributed by atoms with Crippen molar-refractivity contribution in [3.63, 3.8) is 0 Å². The van der Waals surface area contributed by atoms with Crippen molar-refractivity contribution in [2.24, 2.45) is 0 Å². The molecule has 0 unspecified atom stereocenters. The lowest BCUT2D eigenvalue weighted by atomic mass is 9.84. The van der Waals surface area contributed by atoms with Crippen LogP contribution in [0.25, 0.3) is 76.5 Å². The first-order valence-electron chi connectivity index (χ1n) is 16.9. The highest BCUT2D eigenvalue weighted by atomic mass is 16.3. The number of fused-ring (bicyclic) bond motifs is 6. The number of benzene rings is 7. The van der Waals surface area contributed by atoms with E-state index in [1.165, 1.54) is 0 Å². The molecule has 0 saturated carbocycles. The SMILES string of the molecule is [2H]c1c(-c2c3ccccc3c(-c3c([2H])c([2H])c([2H])c4c([2H])c([2H])c([2H])c([2H])c34)c3ccccc23)c([2H])c2c(oc3ccccc32)c1[2H].